The highest BCUT2D eigenvalue weighted by molar-refractivity contribution is 9.10. The van der Waals surface area contributed by atoms with E-state index in [1.165, 1.54) is 0 Å². The first-order valence-electron chi connectivity index (χ1n) is 3.84. The summed E-state index contributed by atoms with van der Waals surface area (Å²) in [5.41, 5.74) is 0. The fraction of sp³-hybridized carbons (Fsp3) is 0.125. The lowest BCUT2D eigenvalue weighted by Crippen LogP contribution is -1.97. The van der Waals surface area contributed by atoms with Gasteiger partial charge in [-0.1, -0.05) is 11.6 Å². The van der Waals surface area contributed by atoms with E-state index < -0.39 is 0 Å². The molecule has 0 aliphatic carbocycles. The van der Waals surface area contributed by atoms with Crippen LogP contribution in [0.3, 0.4) is 0 Å². The minimum absolute atomic E-state index is 0.387. The van der Waals surface area contributed by atoms with E-state index in [4.69, 9.17) is 11.6 Å². The fourth-order valence-electron chi connectivity index (χ4n) is 1.04. The highest BCUT2D eigenvalue weighted by Gasteiger charge is 2.08. The van der Waals surface area contributed by atoms with Crippen molar-refractivity contribution in [3.8, 4) is 11.6 Å². The first-order valence-corrected chi connectivity index (χ1v) is 5.01. The van der Waals surface area contributed by atoms with Gasteiger partial charge in [0.25, 0.3) is 0 Å². The summed E-state index contributed by atoms with van der Waals surface area (Å²) in [5, 5.41) is 0.387. The van der Waals surface area contributed by atoms with Gasteiger partial charge in [0.2, 0.25) is 0 Å². The van der Waals surface area contributed by atoms with Crippen molar-refractivity contribution in [1.29, 1.82) is 0 Å². The van der Waals surface area contributed by atoms with Crippen LogP contribution in [0.5, 0.6) is 0 Å². The molecular weight excluding hydrogens is 267 g/mol. The smallest absolute Gasteiger partial charge is 0.197 e. The zero-order valence-corrected chi connectivity index (χ0v) is 9.62. The number of rotatable bonds is 1. The van der Waals surface area contributed by atoms with Gasteiger partial charge >= 0.3 is 0 Å². The van der Waals surface area contributed by atoms with Crippen LogP contribution in [-0.4, -0.2) is 19.5 Å². The van der Waals surface area contributed by atoms with Crippen molar-refractivity contribution in [3.05, 3.63) is 28.2 Å². The summed E-state index contributed by atoms with van der Waals surface area (Å²) in [6.45, 7) is 0. The monoisotopic (exact) mass is 272 g/mol. The molecule has 0 atom stereocenters. The van der Waals surface area contributed by atoms with Gasteiger partial charge in [-0.2, -0.15) is 0 Å². The van der Waals surface area contributed by atoms with Crippen LogP contribution in [0.15, 0.2) is 23.1 Å². The molecule has 0 aliphatic rings. The molecule has 0 bridgehead atoms. The van der Waals surface area contributed by atoms with E-state index in [1.807, 2.05) is 17.8 Å². The van der Waals surface area contributed by atoms with Crippen molar-refractivity contribution >= 4 is 27.5 Å². The highest BCUT2D eigenvalue weighted by Crippen LogP contribution is 2.21. The third-order valence-corrected chi connectivity index (χ3v) is 2.82. The minimum atomic E-state index is 0.387. The van der Waals surface area contributed by atoms with Crippen molar-refractivity contribution in [2.75, 3.05) is 0 Å². The van der Waals surface area contributed by atoms with E-state index in [1.54, 1.807) is 12.4 Å². The molecule has 0 radical (unpaired) electrons. The molecule has 0 N–H and O–H groups in total. The second-order valence-electron chi connectivity index (χ2n) is 2.69. The van der Waals surface area contributed by atoms with Crippen molar-refractivity contribution in [3.63, 3.8) is 0 Å². The Bertz CT molecular complexity index is 468. The summed E-state index contributed by atoms with van der Waals surface area (Å²) in [6.07, 6.45) is 5.13. The van der Waals surface area contributed by atoms with E-state index in [-0.39, 0.29) is 0 Å². The van der Waals surface area contributed by atoms with E-state index in [0.717, 1.165) is 0 Å². The zero-order chi connectivity index (χ0) is 10.1. The minimum Gasteiger partial charge on any atom is -0.331 e. The molecule has 2 rings (SSSR count). The Morgan fingerprint density at radius 2 is 2.21 bits per heavy atom. The fourth-order valence-corrected chi connectivity index (χ4v) is 1.36. The summed E-state index contributed by atoms with van der Waals surface area (Å²) in [4.78, 5) is 12.3. The first kappa shape index (κ1) is 9.61. The van der Waals surface area contributed by atoms with Crippen LogP contribution in [0.1, 0.15) is 0 Å². The van der Waals surface area contributed by atoms with E-state index in [2.05, 4.69) is 30.9 Å². The second-order valence-corrected chi connectivity index (χ2v) is 3.91. The summed E-state index contributed by atoms with van der Waals surface area (Å²) in [7, 11) is 1.88. The van der Waals surface area contributed by atoms with Crippen LogP contribution in [-0.2, 0) is 7.05 Å². The Morgan fingerprint density at radius 3 is 2.79 bits per heavy atom. The van der Waals surface area contributed by atoms with Gasteiger partial charge in [0.05, 0.1) is 4.47 Å². The Balaban J connectivity index is 2.53. The molecule has 0 spiro atoms. The standard InChI is InChI=1S/C8H6BrClN4/c1-14-3-2-11-8(14)7-12-4-5(9)6(10)13-7/h2-4H,1H3. The SMILES string of the molecule is Cn1ccnc1-c1ncc(Br)c(Cl)n1. The molecule has 0 aromatic carbocycles. The largest absolute Gasteiger partial charge is 0.331 e. The van der Waals surface area contributed by atoms with Crippen LogP contribution in [0, 0.1) is 0 Å². The maximum Gasteiger partial charge on any atom is 0.197 e. The Labute approximate surface area is 94.1 Å². The van der Waals surface area contributed by atoms with Crippen molar-refractivity contribution in [2.45, 2.75) is 0 Å². The van der Waals surface area contributed by atoms with Crippen molar-refractivity contribution in [1.82, 2.24) is 19.5 Å². The van der Waals surface area contributed by atoms with Gasteiger partial charge in [-0.25, -0.2) is 15.0 Å². The Morgan fingerprint density at radius 1 is 1.43 bits per heavy atom. The van der Waals surface area contributed by atoms with Crippen LogP contribution in [0.4, 0.5) is 0 Å². The molecule has 6 heteroatoms. The second kappa shape index (κ2) is 3.67. The first-order chi connectivity index (χ1) is 6.68. The molecule has 0 saturated carbocycles. The number of hydrogen-bond donors (Lipinski definition) is 0. The normalized spacial score (nSPS) is 10.5. The van der Waals surface area contributed by atoms with Gasteiger partial charge < -0.3 is 4.57 Å². The topological polar surface area (TPSA) is 43.6 Å². The maximum absolute atomic E-state index is 5.85. The van der Waals surface area contributed by atoms with Crippen LogP contribution >= 0.6 is 27.5 Å². The lowest BCUT2D eigenvalue weighted by molar-refractivity contribution is 0.905. The van der Waals surface area contributed by atoms with E-state index >= 15 is 0 Å². The molecule has 0 unspecified atom stereocenters. The molecular formula is C8H6BrClN4. The molecule has 14 heavy (non-hydrogen) atoms. The predicted molar refractivity (Wildman–Crippen MR) is 56.9 cm³/mol. The zero-order valence-electron chi connectivity index (χ0n) is 7.28. The third kappa shape index (κ3) is 1.65. The lowest BCUT2D eigenvalue weighted by atomic mass is 10.5. The number of halogens is 2. The average molecular weight is 274 g/mol. The molecule has 4 nitrogen and oxygen atoms in total. The molecule has 0 aliphatic heterocycles. The molecule has 0 saturated heterocycles. The quantitative estimate of drug-likeness (QED) is 0.749. The molecule has 0 fully saturated rings. The van der Waals surface area contributed by atoms with Gasteiger partial charge in [0.15, 0.2) is 11.6 Å². The van der Waals surface area contributed by atoms with Gasteiger partial charge in [-0.15, -0.1) is 0 Å². The van der Waals surface area contributed by atoms with Crippen LogP contribution in [0.2, 0.25) is 5.15 Å². The summed E-state index contributed by atoms with van der Waals surface area (Å²) < 4.78 is 2.51. The molecule has 2 aromatic heterocycles. The van der Waals surface area contributed by atoms with E-state index in [9.17, 15) is 0 Å². The van der Waals surface area contributed by atoms with Gasteiger partial charge in [0, 0.05) is 25.6 Å². The number of aromatic nitrogens is 4. The Hall–Kier alpha value is -0.940. The van der Waals surface area contributed by atoms with E-state index in [0.29, 0.717) is 21.3 Å². The van der Waals surface area contributed by atoms with Gasteiger partial charge in [-0.05, 0) is 15.9 Å². The number of nitrogens with zero attached hydrogens (tertiary/aromatic N) is 4. The molecule has 2 aromatic rings. The van der Waals surface area contributed by atoms with Gasteiger partial charge in [-0.3, -0.25) is 0 Å². The van der Waals surface area contributed by atoms with Crippen LogP contribution < -0.4 is 0 Å². The highest BCUT2D eigenvalue weighted by atomic mass is 79.9. The third-order valence-electron chi connectivity index (χ3n) is 1.72. The molecule has 2 heterocycles. The number of aryl methyl sites for hydroxylation is 1. The van der Waals surface area contributed by atoms with Crippen LogP contribution in [0.25, 0.3) is 11.6 Å². The average Bonchev–Trinajstić information content (AvgIpc) is 2.57. The van der Waals surface area contributed by atoms with Crippen molar-refractivity contribution in [2.24, 2.45) is 7.05 Å². The summed E-state index contributed by atoms with van der Waals surface area (Å²) in [5.74, 6) is 1.21. The maximum atomic E-state index is 5.85. The molecule has 0 amide bonds. The number of imidazole rings is 1. The van der Waals surface area contributed by atoms with Gasteiger partial charge in [0.1, 0.15) is 5.15 Å². The summed E-state index contributed by atoms with van der Waals surface area (Å²) >= 11 is 9.08. The van der Waals surface area contributed by atoms with Crippen molar-refractivity contribution < 1.29 is 0 Å². The Kier molecular flexibility index (Phi) is 2.52. The molecule has 72 valence electrons. The summed E-state index contributed by atoms with van der Waals surface area (Å²) in [6, 6.07) is 0. The number of hydrogen-bond acceptors (Lipinski definition) is 3. The predicted octanol–water partition coefficient (Wildman–Crippen LogP) is 2.29. The lowest BCUT2D eigenvalue weighted by Gasteiger charge is -2.00.